The molecule has 2 aromatic rings. The van der Waals surface area contributed by atoms with Gasteiger partial charge in [-0.1, -0.05) is 12.1 Å². The van der Waals surface area contributed by atoms with E-state index in [0.717, 1.165) is 0 Å². The zero-order chi connectivity index (χ0) is 12.3. The van der Waals surface area contributed by atoms with Crippen LogP contribution < -0.4 is 0 Å². The highest BCUT2D eigenvalue weighted by Gasteiger charge is 2.15. The molecule has 0 spiro atoms. The summed E-state index contributed by atoms with van der Waals surface area (Å²) in [5.74, 6) is 0.931. The molecule has 7 nitrogen and oxygen atoms in total. The number of aromatic nitrogens is 4. The summed E-state index contributed by atoms with van der Waals surface area (Å²) in [5.41, 5.74) is 0.503. The van der Waals surface area contributed by atoms with Crippen LogP contribution in [0.4, 0.5) is 0 Å². The number of rotatable bonds is 4. The van der Waals surface area contributed by atoms with E-state index in [0.29, 0.717) is 23.7 Å². The second kappa shape index (κ2) is 4.77. The number of carbonyl (C=O) groups excluding carboxylic acids is 1. The summed E-state index contributed by atoms with van der Waals surface area (Å²) in [4.78, 5) is 17.5. The molecule has 0 atom stereocenters. The Morgan fingerprint density at radius 3 is 3.00 bits per heavy atom. The molecule has 0 bridgehead atoms. The highest BCUT2D eigenvalue weighted by Crippen LogP contribution is 2.06. The van der Waals surface area contributed by atoms with Crippen LogP contribution >= 0.6 is 0 Å². The first-order valence-electron chi connectivity index (χ1n) is 5.26. The fourth-order valence-corrected chi connectivity index (χ4v) is 1.36. The minimum atomic E-state index is -0.144. The van der Waals surface area contributed by atoms with Crippen molar-refractivity contribution in [1.82, 2.24) is 25.2 Å². The zero-order valence-corrected chi connectivity index (χ0v) is 9.67. The summed E-state index contributed by atoms with van der Waals surface area (Å²) in [6.07, 6.45) is 3.73. The lowest BCUT2D eigenvalue weighted by Gasteiger charge is -2.12. The van der Waals surface area contributed by atoms with Gasteiger partial charge in [0.25, 0.3) is 5.91 Å². The van der Waals surface area contributed by atoms with Crippen LogP contribution in [0.1, 0.15) is 29.0 Å². The molecule has 2 aromatic heterocycles. The van der Waals surface area contributed by atoms with E-state index in [1.807, 2.05) is 6.92 Å². The highest BCUT2D eigenvalue weighted by molar-refractivity contribution is 5.93. The molecule has 2 heterocycles. The molecule has 0 aliphatic rings. The third-order valence-corrected chi connectivity index (χ3v) is 2.29. The van der Waals surface area contributed by atoms with E-state index in [1.165, 1.54) is 11.1 Å². The van der Waals surface area contributed by atoms with Gasteiger partial charge in [0.2, 0.25) is 5.89 Å². The fraction of sp³-hybridized carbons (Fsp3) is 0.400. The largest absolute Gasteiger partial charge is 0.337 e. The Morgan fingerprint density at radius 1 is 1.59 bits per heavy atom. The van der Waals surface area contributed by atoms with Gasteiger partial charge in [-0.05, 0) is 0 Å². The van der Waals surface area contributed by atoms with Gasteiger partial charge in [0.05, 0.1) is 18.3 Å². The standard InChI is InChI=1S/C10H13N5O2/c1-3-8-13-9(17-14-8)6-15(2)10(16)7-4-11-12-5-7/h4-5H,3,6H2,1-2H3,(H,11,12). The first kappa shape index (κ1) is 11.3. The van der Waals surface area contributed by atoms with Gasteiger partial charge in [0.15, 0.2) is 5.82 Å². The molecule has 2 rings (SSSR count). The first-order chi connectivity index (χ1) is 8.20. The average Bonchev–Trinajstić information content (AvgIpc) is 2.98. The number of carbonyl (C=O) groups is 1. The molecule has 1 N–H and O–H groups in total. The van der Waals surface area contributed by atoms with Crippen LogP contribution in [0.2, 0.25) is 0 Å². The predicted molar refractivity (Wildman–Crippen MR) is 58.1 cm³/mol. The van der Waals surface area contributed by atoms with Crippen LogP contribution in [0.5, 0.6) is 0 Å². The summed E-state index contributed by atoms with van der Waals surface area (Å²) in [6, 6.07) is 0. The van der Waals surface area contributed by atoms with Crippen molar-refractivity contribution in [2.45, 2.75) is 19.9 Å². The maximum Gasteiger partial charge on any atom is 0.257 e. The lowest BCUT2D eigenvalue weighted by atomic mass is 10.3. The number of hydrogen-bond acceptors (Lipinski definition) is 5. The van der Waals surface area contributed by atoms with Crippen molar-refractivity contribution in [3.05, 3.63) is 29.7 Å². The van der Waals surface area contributed by atoms with Gasteiger partial charge < -0.3 is 9.42 Å². The Morgan fingerprint density at radius 2 is 2.41 bits per heavy atom. The molecular formula is C10H13N5O2. The maximum atomic E-state index is 11.9. The van der Waals surface area contributed by atoms with Crippen LogP contribution in [0.25, 0.3) is 0 Å². The topological polar surface area (TPSA) is 87.9 Å². The lowest BCUT2D eigenvalue weighted by Crippen LogP contribution is -2.26. The van der Waals surface area contributed by atoms with Crippen molar-refractivity contribution in [1.29, 1.82) is 0 Å². The lowest BCUT2D eigenvalue weighted by molar-refractivity contribution is 0.0769. The number of H-pyrrole nitrogens is 1. The third-order valence-electron chi connectivity index (χ3n) is 2.29. The van der Waals surface area contributed by atoms with Gasteiger partial charge in [0.1, 0.15) is 0 Å². The van der Waals surface area contributed by atoms with Gasteiger partial charge in [-0.2, -0.15) is 10.1 Å². The second-order valence-corrected chi connectivity index (χ2v) is 3.61. The number of nitrogens with zero attached hydrogens (tertiary/aromatic N) is 4. The molecule has 0 saturated heterocycles. The SMILES string of the molecule is CCc1noc(CN(C)C(=O)c2cn[nH]c2)n1. The van der Waals surface area contributed by atoms with Crippen LogP contribution in [-0.4, -0.2) is 38.2 Å². The van der Waals surface area contributed by atoms with Gasteiger partial charge in [-0.3, -0.25) is 9.89 Å². The molecular weight excluding hydrogens is 222 g/mol. The van der Waals surface area contributed by atoms with Gasteiger partial charge >= 0.3 is 0 Å². The van der Waals surface area contributed by atoms with E-state index in [1.54, 1.807) is 13.2 Å². The van der Waals surface area contributed by atoms with Gasteiger partial charge in [-0.15, -0.1) is 0 Å². The van der Waals surface area contributed by atoms with Crippen LogP contribution in [0, 0.1) is 0 Å². The third kappa shape index (κ3) is 2.49. The molecule has 0 radical (unpaired) electrons. The molecule has 1 amide bonds. The quantitative estimate of drug-likeness (QED) is 0.839. The Bertz CT molecular complexity index is 491. The molecule has 0 saturated carbocycles. The number of amides is 1. The Kier molecular flexibility index (Phi) is 3.17. The van der Waals surface area contributed by atoms with Crippen molar-refractivity contribution < 1.29 is 9.32 Å². The summed E-state index contributed by atoms with van der Waals surface area (Å²) in [7, 11) is 1.67. The van der Waals surface area contributed by atoms with Crippen LogP contribution in [0.3, 0.4) is 0 Å². The second-order valence-electron chi connectivity index (χ2n) is 3.61. The van der Waals surface area contributed by atoms with Crippen molar-refractivity contribution >= 4 is 5.91 Å². The summed E-state index contributed by atoms with van der Waals surface area (Å²) >= 11 is 0. The van der Waals surface area contributed by atoms with E-state index in [2.05, 4.69) is 20.3 Å². The van der Waals surface area contributed by atoms with Crippen molar-refractivity contribution in [2.75, 3.05) is 7.05 Å². The highest BCUT2D eigenvalue weighted by atomic mass is 16.5. The molecule has 0 fully saturated rings. The molecule has 7 heteroatoms. The smallest absolute Gasteiger partial charge is 0.257 e. The van der Waals surface area contributed by atoms with E-state index in [4.69, 9.17) is 4.52 Å². The van der Waals surface area contributed by atoms with Crippen LogP contribution in [-0.2, 0) is 13.0 Å². The minimum absolute atomic E-state index is 0.144. The summed E-state index contributed by atoms with van der Waals surface area (Å²) in [5, 5.41) is 10.1. The Balaban J connectivity index is 2.01. The maximum absolute atomic E-state index is 11.9. The summed E-state index contributed by atoms with van der Waals surface area (Å²) in [6.45, 7) is 2.23. The van der Waals surface area contributed by atoms with Gasteiger partial charge in [0, 0.05) is 19.7 Å². The first-order valence-corrected chi connectivity index (χ1v) is 5.26. The van der Waals surface area contributed by atoms with E-state index in [-0.39, 0.29) is 12.5 Å². The van der Waals surface area contributed by atoms with Crippen molar-refractivity contribution in [2.24, 2.45) is 0 Å². The summed E-state index contributed by atoms with van der Waals surface area (Å²) < 4.78 is 5.02. The molecule has 0 unspecified atom stereocenters. The Labute approximate surface area is 97.8 Å². The van der Waals surface area contributed by atoms with Crippen molar-refractivity contribution in [3.8, 4) is 0 Å². The van der Waals surface area contributed by atoms with E-state index in [9.17, 15) is 4.79 Å². The molecule has 0 aliphatic heterocycles. The number of aromatic amines is 1. The molecule has 0 aliphatic carbocycles. The fourth-order valence-electron chi connectivity index (χ4n) is 1.36. The molecule has 17 heavy (non-hydrogen) atoms. The van der Waals surface area contributed by atoms with Crippen molar-refractivity contribution in [3.63, 3.8) is 0 Å². The Hall–Kier alpha value is -2.18. The number of hydrogen-bond donors (Lipinski definition) is 1. The van der Waals surface area contributed by atoms with Crippen LogP contribution in [0.15, 0.2) is 16.9 Å². The normalized spacial score (nSPS) is 10.5. The number of nitrogens with one attached hydrogen (secondary N) is 1. The average molecular weight is 235 g/mol. The zero-order valence-electron chi connectivity index (χ0n) is 9.67. The van der Waals surface area contributed by atoms with E-state index >= 15 is 0 Å². The predicted octanol–water partition coefficient (Wildman–Crippen LogP) is 0.627. The van der Waals surface area contributed by atoms with E-state index < -0.39 is 0 Å². The minimum Gasteiger partial charge on any atom is -0.337 e. The molecule has 90 valence electrons. The number of aryl methyl sites for hydroxylation is 1. The van der Waals surface area contributed by atoms with Gasteiger partial charge in [-0.25, -0.2) is 0 Å². The monoisotopic (exact) mass is 235 g/mol. The molecule has 0 aromatic carbocycles.